The molecule has 0 bridgehead atoms. The Kier molecular flexibility index (Phi) is 3.01. The fourth-order valence-electron chi connectivity index (χ4n) is 1.04. The minimum Gasteiger partial charge on any atom is -0.324 e. The lowest BCUT2D eigenvalue weighted by Gasteiger charge is -2.03. The van der Waals surface area contributed by atoms with Crippen LogP contribution >= 0.6 is 0 Å². The van der Waals surface area contributed by atoms with E-state index < -0.39 is 0 Å². The number of anilines is 1. The van der Waals surface area contributed by atoms with Crippen molar-refractivity contribution in [1.82, 2.24) is 0 Å². The number of nitrogen functional groups attached to an aromatic ring is 1. The normalized spacial score (nSPS) is 8.92. The number of nitrogens with two attached hydrogens (primary N) is 1. The average molecular weight is 175 g/mol. The van der Waals surface area contributed by atoms with E-state index in [9.17, 15) is 4.79 Å². The van der Waals surface area contributed by atoms with Gasteiger partial charge in [-0.15, -0.1) is 0 Å². The van der Waals surface area contributed by atoms with E-state index >= 15 is 0 Å². The van der Waals surface area contributed by atoms with Crippen molar-refractivity contribution >= 4 is 12.0 Å². The minimum absolute atomic E-state index is 0.235. The van der Waals surface area contributed by atoms with Crippen molar-refractivity contribution in [3.63, 3.8) is 0 Å². The molecule has 0 fully saturated rings. The highest BCUT2D eigenvalue weighted by molar-refractivity contribution is 5.79. The highest BCUT2D eigenvalue weighted by Crippen LogP contribution is 2.13. The van der Waals surface area contributed by atoms with E-state index in [2.05, 4.69) is 5.43 Å². The average Bonchev–Trinajstić information content (AvgIpc) is 2.19. The monoisotopic (exact) mass is 175 g/mol. The number of nitriles is 1. The van der Waals surface area contributed by atoms with Gasteiger partial charge in [0.05, 0.1) is 12.5 Å². The number of benzene rings is 1. The number of hydrogen-bond donors (Lipinski definition) is 2. The number of nitrogens with zero attached hydrogens (tertiary/aromatic N) is 1. The zero-order chi connectivity index (χ0) is 9.68. The first kappa shape index (κ1) is 9.23. The minimum atomic E-state index is 0.235. The summed E-state index contributed by atoms with van der Waals surface area (Å²) in [6, 6.07) is 7.03. The predicted octanol–water partition coefficient (Wildman–Crippen LogP) is 0.851. The molecule has 1 aromatic carbocycles. The van der Waals surface area contributed by atoms with Crippen molar-refractivity contribution in [1.29, 1.82) is 5.26 Å². The summed E-state index contributed by atoms with van der Waals surface area (Å²) in [5.41, 5.74) is 4.30. The van der Waals surface area contributed by atoms with Gasteiger partial charge in [0.15, 0.2) is 0 Å². The number of hydrogen-bond acceptors (Lipinski definition) is 4. The van der Waals surface area contributed by atoms with Gasteiger partial charge in [-0.2, -0.15) is 5.26 Å². The highest BCUT2D eigenvalue weighted by atomic mass is 16.1. The molecule has 1 aromatic rings. The van der Waals surface area contributed by atoms with Gasteiger partial charge in [-0.05, 0) is 17.7 Å². The summed E-state index contributed by atoms with van der Waals surface area (Å²) in [5, 5.41) is 8.46. The van der Waals surface area contributed by atoms with E-state index in [1.807, 2.05) is 6.07 Å². The van der Waals surface area contributed by atoms with Crippen LogP contribution in [0.5, 0.6) is 0 Å². The Morgan fingerprint density at radius 2 is 2.38 bits per heavy atom. The first-order chi connectivity index (χ1) is 6.31. The lowest BCUT2D eigenvalue weighted by molar-refractivity contribution is 0.112. The van der Waals surface area contributed by atoms with Crippen LogP contribution in [0.25, 0.3) is 0 Å². The Morgan fingerprint density at radius 1 is 1.62 bits per heavy atom. The smallest absolute Gasteiger partial charge is 0.150 e. The third kappa shape index (κ3) is 2.04. The van der Waals surface area contributed by atoms with Crippen molar-refractivity contribution < 1.29 is 4.79 Å². The molecule has 0 aliphatic carbocycles. The summed E-state index contributed by atoms with van der Waals surface area (Å²) >= 11 is 0. The van der Waals surface area contributed by atoms with E-state index in [4.69, 9.17) is 11.1 Å². The van der Waals surface area contributed by atoms with Crippen LogP contribution in [0.1, 0.15) is 15.9 Å². The third-order valence-corrected chi connectivity index (χ3v) is 1.71. The maximum absolute atomic E-state index is 10.6. The fraction of sp³-hybridized carbons (Fsp3) is 0.111. The van der Waals surface area contributed by atoms with Gasteiger partial charge in [0.2, 0.25) is 0 Å². The number of carbonyl (C=O) groups is 1. The quantitative estimate of drug-likeness (QED) is 0.405. The molecule has 66 valence electrons. The summed E-state index contributed by atoms with van der Waals surface area (Å²) in [4.78, 5) is 10.6. The number of nitrogens with one attached hydrogen (secondary N) is 1. The van der Waals surface area contributed by atoms with Crippen LogP contribution in [0.15, 0.2) is 18.2 Å². The molecule has 0 aromatic heterocycles. The van der Waals surface area contributed by atoms with Crippen molar-refractivity contribution in [3.8, 4) is 6.07 Å². The molecule has 0 aliphatic heterocycles. The van der Waals surface area contributed by atoms with Crippen LogP contribution < -0.4 is 11.3 Å². The molecule has 13 heavy (non-hydrogen) atoms. The van der Waals surface area contributed by atoms with Crippen molar-refractivity contribution in [2.24, 2.45) is 5.84 Å². The highest BCUT2D eigenvalue weighted by Gasteiger charge is 2.01. The first-order valence-corrected chi connectivity index (χ1v) is 3.73. The van der Waals surface area contributed by atoms with E-state index in [1.54, 1.807) is 18.2 Å². The maximum Gasteiger partial charge on any atom is 0.150 e. The van der Waals surface area contributed by atoms with E-state index in [0.29, 0.717) is 17.5 Å². The molecule has 4 heteroatoms. The molecule has 0 saturated heterocycles. The fourth-order valence-corrected chi connectivity index (χ4v) is 1.04. The molecule has 0 spiro atoms. The maximum atomic E-state index is 10.6. The van der Waals surface area contributed by atoms with Crippen molar-refractivity contribution in [2.45, 2.75) is 6.42 Å². The number of rotatable bonds is 3. The Labute approximate surface area is 75.9 Å². The molecule has 0 aliphatic rings. The van der Waals surface area contributed by atoms with Crippen molar-refractivity contribution in [3.05, 3.63) is 29.3 Å². The molecule has 0 amide bonds. The molecule has 0 unspecified atom stereocenters. The predicted molar refractivity (Wildman–Crippen MR) is 49.0 cm³/mol. The summed E-state index contributed by atoms with van der Waals surface area (Å²) in [5.74, 6) is 5.17. The Morgan fingerprint density at radius 3 is 2.92 bits per heavy atom. The van der Waals surface area contributed by atoms with E-state index in [0.717, 1.165) is 5.56 Å². The van der Waals surface area contributed by atoms with Crippen LogP contribution in [0.2, 0.25) is 0 Å². The van der Waals surface area contributed by atoms with Crippen LogP contribution in [0.4, 0.5) is 5.69 Å². The zero-order valence-electron chi connectivity index (χ0n) is 6.95. The van der Waals surface area contributed by atoms with Gasteiger partial charge in [0.1, 0.15) is 6.29 Å². The van der Waals surface area contributed by atoms with Gasteiger partial charge >= 0.3 is 0 Å². The Bertz CT molecular complexity index is 354. The molecule has 4 nitrogen and oxygen atoms in total. The van der Waals surface area contributed by atoms with Crippen LogP contribution in [-0.2, 0) is 6.42 Å². The second-order valence-corrected chi connectivity index (χ2v) is 2.51. The van der Waals surface area contributed by atoms with E-state index in [1.165, 1.54) is 0 Å². The van der Waals surface area contributed by atoms with Crippen LogP contribution in [-0.4, -0.2) is 6.29 Å². The zero-order valence-corrected chi connectivity index (χ0v) is 6.95. The number of hydrazine groups is 1. The van der Waals surface area contributed by atoms with Gasteiger partial charge in [0, 0.05) is 11.3 Å². The second-order valence-electron chi connectivity index (χ2n) is 2.51. The first-order valence-electron chi connectivity index (χ1n) is 3.73. The molecular weight excluding hydrogens is 166 g/mol. The molecule has 1 rings (SSSR count). The van der Waals surface area contributed by atoms with Crippen molar-refractivity contribution in [2.75, 3.05) is 5.43 Å². The SMILES string of the molecule is N#CCc1ccc(NN)cc1C=O. The summed E-state index contributed by atoms with van der Waals surface area (Å²) in [6.45, 7) is 0. The van der Waals surface area contributed by atoms with E-state index in [-0.39, 0.29) is 6.42 Å². The Balaban J connectivity index is 3.09. The number of carbonyl (C=O) groups excluding carboxylic acids is 1. The largest absolute Gasteiger partial charge is 0.324 e. The standard InChI is InChI=1S/C9H9N3O/c10-4-3-7-1-2-9(12-11)5-8(7)6-13/h1-2,5-6,12H,3,11H2. The number of aldehydes is 1. The molecule has 0 saturated carbocycles. The second kappa shape index (κ2) is 4.24. The van der Waals surface area contributed by atoms with Gasteiger partial charge in [-0.3, -0.25) is 10.6 Å². The summed E-state index contributed by atoms with van der Waals surface area (Å²) in [6.07, 6.45) is 0.951. The molecule has 3 N–H and O–H groups in total. The topological polar surface area (TPSA) is 78.9 Å². The molecule has 0 heterocycles. The third-order valence-electron chi connectivity index (χ3n) is 1.71. The van der Waals surface area contributed by atoms with Gasteiger partial charge in [-0.25, -0.2) is 0 Å². The summed E-state index contributed by atoms with van der Waals surface area (Å²) < 4.78 is 0. The lowest BCUT2D eigenvalue weighted by atomic mass is 10.1. The lowest BCUT2D eigenvalue weighted by Crippen LogP contribution is -2.07. The molecular formula is C9H9N3O. The summed E-state index contributed by atoms with van der Waals surface area (Å²) in [7, 11) is 0. The molecule has 0 radical (unpaired) electrons. The molecule has 0 atom stereocenters. The van der Waals surface area contributed by atoms with Crippen LogP contribution in [0.3, 0.4) is 0 Å². The van der Waals surface area contributed by atoms with Gasteiger partial charge in [-0.1, -0.05) is 6.07 Å². The van der Waals surface area contributed by atoms with Crippen LogP contribution in [0, 0.1) is 11.3 Å². The van der Waals surface area contributed by atoms with Gasteiger partial charge in [0.25, 0.3) is 0 Å². The van der Waals surface area contributed by atoms with Gasteiger partial charge < -0.3 is 5.43 Å². The Hall–Kier alpha value is -1.86.